The summed E-state index contributed by atoms with van der Waals surface area (Å²) in [6.07, 6.45) is 4.10. The summed E-state index contributed by atoms with van der Waals surface area (Å²) in [5, 5.41) is 6.85. The van der Waals surface area contributed by atoms with E-state index in [0.717, 1.165) is 44.1 Å². The average molecular weight is 344 g/mol. The Bertz CT molecular complexity index is 681. The van der Waals surface area contributed by atoms with Crippen molar-refractivity contribution in [1.29, 1.82) is 0 Å². The van der Waals surface area contributed by atoms with Crippen LogP contribution in [0.3, 0.4) is 0 Å². The number of pyridine rings is 1. The summed E-state index contributed by atoms with van der Waals surface area (Å²) >= 11 is 0. The highest BCUT2D eigenvalue weighted by Gasteiger charge is 2.26. The molecule has 0 aliphatic carbocycles. The maximum atomic E-state index is 12.1. The number of amides is 1. The van der Waals surface area contributed by atoms with Gasteiger partial charge >= 0.3 is 0 Å². The Morgan fingerprint density at radius 1 is 1.28 bits per heavy atom. The van der Waals surface area contributed by atoms with Gasteiger partial charge in [0.15, 0.2) is 5.82 Å². The van der Waals surface area contributed by atoms with Crippen molar-refractivity contribution in [2.45, 2.75) is 26.3 Å². The van der Waals surface area contributed by atoms with E-state index in [1.54, 1.807) is 24.5 Å². The molecule has 1 amide bonds. The first kappa shape index (κ1) is 17.5. The van der Waals surface area contributed by atoms with Crippen LogP contribution in [0.2, 0.25) is 0 Å². The number of carbonyl (C=O) groups excluding carboxylic acids is 1. The van der Waals surface area contributed by atoms with Crippen LogP contribution >= 0.6 is 0 Å². The zero-order valence-corrected chi connectivity index (χ0v) is 14.7. The first-order valence-corrected chi connectivity index (χ1v) is 8.64. The number of hydrogen-bond donors (Lipinski definition) is 1. The lowest BCUT2D eigenvalue weighted by atomic mass is 10.2. The summed E-state index contributed by atoms with van der Waals surface area (Å²) in [6, 6.07) is 3.67. The quantitative estimate of drug-likeness (QED) is 0.846. The van der Waals surface area contributed by atoms with E-state index in [9.17, 15) is 4.79 Å². The van der Waals surface area contributed by atoms with Gasteiger partial charge in [-0.3, -0.25) is 19.6 Å². The molecule has 8 nitrogen and oxygen atoms in total. The van der Waals surface area contributed by atoms with E-state index in [4.69, 9.17) is 4.52 Å². The van der Waals surface area contributed by atoms with E-state index in [1.165, 1.54) is 0 Å². The van der Waals surface area contributed by atoms with Crippen LogP contribution in [0, 0.1) is 0 Å². The molecule has 2 aromatic rings. The molecular weight excluding hydrogens is 320 g/mol. The molecule has 3 rings (SSSR count). The first-order chi connectivity index (χ1) is 12.2. The maximum Gasteiger partial charge on any atom is 0.243 e. The van der Waals surface area contributed by atoms with Crippen LogP contribution < -0.4 is 5.32 Å². The van der Waals surface area contributed by atoms with E-state index in [-0.39, 0.29) is 11.9 Å². The van der Waals surface area contributed by atoms with Crippen LogP contribution in [0.5, 0.6) is 0 Å². The molecule has 0 saturated carbocycles. The van der Waals surface area contributed by atoms with Gasteiger partial charge in [-0.05, 0) is 19.1 Å². The lowest BCUT2D eigenvalue weighted by molar-refractivity contribution is -0.117. The first-order valence-electron chi connectivity index (χ1n) is 8.64. The third-order valence-electron chi connectivity index (χ3n) is 4.44. The fourth-order valence-corrected chi connectivity index (χ4v) is 2.88. The van der Waals surface area contributed by atoms with Crippen LogP contribution in [0.25, 0.3) is 0 Å². The average Bonchev–Trinajstić information content (AvgIpc) is 3.12. The standard InChI is InChI=1S/C17H24N6O2/c1-3-15-20-17(25-21-15)13(2)23-10-8-22(9-11-23)12-16(24)19-14-4-6-18-7-5-14/h4-7,13H,3,8-12H2,1-2H3,(H,18,19,24)/t13-/m0/s1. The lowest BCUT2D eigenvalue weighted by Gasteiger charge is -2.36. The van der Waals surface area contributed by atoms with E-state index < -0.39 is 0 Å². The largest absolute Gasteiger partial charge is 0.338 e. The minimum Gasteiger partial charge on any atom is -0.338 e. The Morgan fingerprint density at radius 3 is 2.64 bits per heavy atom. The summed E-state index contributed by atoms with van der Waals surface area (Å²) in [5.74, 6) is 1.41. The molecule has 0 aromatic carbocycles. The van der Waals surface area contributed by atoms with Crippen LogP contribution in [-0.2, 0) is 11.2 Å². The molecule has 1 atom stereocenters. The zero-order valence-electron chi connectivity index (χ0n) is 14.7. The number of aryl methyl sites for hydroxylation is 1. The van der Waals surface area contributed by atoms with Crippen LogP contribution in [0.1, 0.15) is 31.6 Å². The molecule has 1 saturated heterocycles. The number of hydrogen-bond acceptors (Lipinski definition) is 7. The van der Waals surface area contributed by atoms with E-state index in [1.807, 2.05) is 6.92 Å². The van der Waals surface area contributed by atoms with Crippen molar-refractivity contribution < 1.29 is 9.32 Å². The molecule has 2 aromatic heterocycles. The third kappa shape index (κ3) is 4.61. The summed E-state index contributed by atoms with van der Waals surface area (Å²) in [5.41, 5.74) is 0.774. The van der Waals surface area contributed by atoms with Gasteiger partial charge in [0.25, 0.3) is 0 Å². The van der Waals surface area contributed by atoms with Crippen molar-refractivity contribution in [3.8, 4) is 0 Å². The highest BCUT2D eigenvalue weighted by atomic mass is 16.5. The maximum absolute atomic E-state index is 12.1. The van der Waals surface area contributed by atoms with Gasteiger partial charge in [-0.2, -0.15) is 4.98 Å². The molecule has 134 valence electrons. The highest BCUT2D eigenvalue weighted by molar-refractivity contribution is 5.92. The van der Waals surface area contributed by atoms with Gasteiger partial charge in [-0.1, -0.05) is 12.1 Å². The Balaban J connectivity index is 1.46. The van der Waals surface area contributed by atoms with Gasteiger partial charge in [-0.15, -0.1) is 0 Å². The van der Waals surface area contributed by atoms with Crippen molar-refractivity contribution in [3.63, 3.8) is 0 Å². The fraction of sp³-hybridized carbons (Fsp3) is 0.529. The molecule has 1 N–H and O–H groups in total. The molecule has 1 fully saturated rings. The molecule has 1 aliphatic rings. The lowest BCUT2D eigenvalue weighted by Crippen LogP contribution is -2.49. The van der Waals surface area contributed by atoms with Crippen LogP contribution in [-0.4, -0.2) is 63.6 Å². The highest BCUT2D eigenvalue weighted by Crippen LogP contribution is 2.20. The van der Waals surface area contributed by atoms with Crippen molar-refractivity contribution >= 4 is 11.6 Å². The number of nitrogens with one attached hydrogen (secondary N) is 1. The SMILES string of the molecule is CCc1noc([C@H](C)N2CCN(CC(=O)Nc3ccncc3)CC2)n1. The number of anilines is 1. The smallest absolute Gasteiger partial charge is 0.243 e. The van der Waals surface area contributed by atoms with Crippen LogP contribution in [0.4, 0.5) is 5.69 Å². The third-order valence-corrected chi connectivity index (χ3v) is 4.44. The Kier molecular flexibility index (Phi) is 5.72. The second-order valence-corrected chi connectivity index (χ2v) is 6.17. The minimum atomic E-state index is -0.00260. The summed E-state index contributed by atoms with van der Waals surface area (Å²) in [6.45, 7) is 7.89. The number of carbonyl (C=O) groups is 1. The van der Waals surface area contributed by atoms with Crippen molar-refractivity contribution in [1.82, 2.24) is 24.9 Å². The van der Waals surface area contributed by atoms with E-state index in [2.05, 4.69) is 37.2 Å². The fourth-order valence-electron chi connectivity index (χ4n) is 2.88. The molecule has 0 bridgehead atoms. The van der Waals surface area contributed by atoms with Crippen molar-refractivity contribution in [2.75, 3.05) is 38.0 Å². The van der Waals surface area contributed by atoms with E-state index >= 15 is 0 Å². The molecule has 1 aliphatic heterocycles. The van der Waals surface area contributed by atoms with Gasteiger partial charge in [-0.25, -0.2) is 0 Å². The van der Waals surface area contributed by atoms with Gasteiger partial charge in [0.1, 0.15) is 0 Å². The number of piperazine rings is 1. The van der Waals surface area contributed by atoms with E-state index in [0.29, 0.717) is 12.4 Å². The van der Waals surface area contributed by atoms with Gasteiger partial charge in [0.05, 0.1) is 12.6 Å². The Hall–Kier alpha value is -2.32. The molecule has 0 spiro atoms. The van der Waals surface area contributed by atoms with Crippen molar-refractivity contribution in [3.05, 3.63) is 36.2 Å². The Morgan fingerprint density at radius 2 is 2.00 bits per heavy atom. The van der Waals surface area contributed by atoms with Crippen molar-refractivity contribution in [2.24, 2.45) is 0 Å². The second kappa shape index (κ2) is 8.17. The predicted octanol–water partition coefficient (Wildman–Crippen LogP) is 1.34. The zero-order chi connectivity index (χ0) is 17.6. The molecule has 0 unspecified atom stereocenters. The number of nitrogens with zero attached hydrogens (tertiary/aromatic N) is 5. The van der Waals surface area contributed by atoms with Crippen LogP contribution in [0.15, 0.2) is 29.0 Å². The molecule has 0 radical (unpaired) electrons. The van der Waals surface area contributed by atoms with Gasteiger partial charge in [0, 0.05) is 50.7 Å². The summed E-state index contributed by atoms with van der Waals surface area (Å²) < 4.78 is 5.34. The predicted molar refractivity (Wildman–Crippen MR) is 93.0 cm³/mol. The normalized spacial score (nSPS) is 17.4. The number of aromatic nitrogens is 3. The topological polar surface area (TPSA) is 87.4 Å². The Labute approximate surface area is 147 Å². The molecule has 25 heavy (non-hydrogen) atoms. The number of rotatable bonds is 6. The molecular formula is C17H24N6O2. The molecule has 3 heterocycles. The van der Waals surface area contributed by atoms with Gasteiger partial charge in [0.2, 0.25) is 11.8 Å². The minimum absolute atomic E-state index is 0.00260. The second-order valence-electron chi connectivity index (χ2n) is 6.17. The van der Waals surface area contributed by atoms with Gasteiger partial charge < -0.3 is 9.84 Å². The summed E-state index contributed by atoms with van der Waals surface area (Å²) in [4.78, 5) is 25.0. The summed E-state index contributed by atoms with van der Waals surface area (Å²) in [7, 11) is 0. The molecule has 8 heteroatoms. The monoisotopic (exact) mass is 344 g/mol.